The lowest BCUT2D eigenvalue weighted by Crippen LogP contribution is -2.59. The third kappa shape index (κ3) is 4.72. The van der Waals surface area contributed by atoms with Crippen LogP contribution in [-0.4, -0.2) is 14.2 Å². The van der Waals surface area contributed by atoms with E-state index in [0.717, 1.165) is 22.3 Å². The van der Waals surface area contributed by atoms with Gasteiger partial charge in [-0.3, -0.25) is 0 Å². The molecule has 0 saturated carbocycles. The van der Waals surface area contributed by atoms with Gasteiger partial charge in [0.05, 0.1) is 5.75 Å². The highest BCUT2D eigenvalue weighted by molar-refractivity contribution is 7.86. The monoisotopic (exact) mass is 348 g/mol. The Morgan fingerprint density at radius 1 is 0.958 bits per heavy atom. The summed E-state index contributed by atoms with van der Waals surface area (Å²) in [6.45, 7) is 11.3. The summed E-state index contributed by atoms with van der Waals surface area (Å²) >= 11 is 0. The second kappa shape index (κ2) is 7.23. The summed E-state index contributed by atoms with van der Waals surface area (Å²) in [6, 6.07) is 4.05. The lowest BCUT2D eigenvalue weighted by molar-refractivity contribution is -0.977. The number of aryl methyl sites for hydroxylation is 4. The smallest absolute Gasteiger partial charge is 0.199 e. The summed E-state index contributed by atoms with van der Waals surface area (Å²) in [5, 5.41) is 0. The maximum Gasteiger partial charge on any atom is 0.488 e. The molecule has 0 aliphatic rings. The SMILES string of the molecule is C=CCS(=O)(=O)OC([n+]1cc(C)cc(C)c1)[n+]1cc(C)cc(C)c1. The van der Waals surface area contributed by atoms with Crippen molar-refractivity contribution in [1.29, 1.82) is 0 Å². The minimum atomic E-state index is -3.74. The Bertz CT molecular complexity index is 769. The minimum Gasteiger partial charge on any atom is -0.199 e. The number of pyridine rings is 2. The molecule has 0 saturated heterocycles. The van der Waals surface area contributed by atoms with Crippen LogP contribution in [0, 0.1) is 27.7 Å². The topological polar surface area (TPSA) is 51.1 Å². The Labute approximate surface area is 144 Å². The third-order valence-corrected chi connectivity index (χ3v) is 4.50. The van der Waals surface area contributed by atoms with Crippen LogP contribution >= 0.6 is 0 Å². The molecular formula is C18H24N2O3S+2. The van der Waals surface area contributed by atoms with Crippen LogP contribution in [-0.2, 0) is 14.3 Å². The molecule has 0 amide bonds. The molecule has 0 aliphatic carbocycles. The number of hydrogen-bond donors (Lipinski definition) is 0. The Kier molecular flexibility index (Phi) is 5.51. The highest BCUT2D eigenvalue weighted by atomic mass is 32.2. The summed E-state index contributed by atoms with van der Waals surface area (Å²) in [6.07, 6.45) is 7.96. The van der Waals surface area contributed by atoms with Crippen molar-refractivity contribution in [2.45, 2.75) is 34.0 Å². The lowest BCUT2D eigenvalue weighted by Gasteiger charge is -2.10. The number of rotatable bonds is 6. The van der Waals surface area contributed by atoms with Crippen molar-refractivity contribution in [3.05, 3.63) is 71.8 Å². The van der Waals surface area contributed by atoms with Crippen LogP contribution in [0.4, 0.5) is 0 Å². The number of nitrogens with zero attached hydrogens (tertiary/aromatic N) is 2. The van der Waals surface area contributed by atoms with E-state index in [0.29, 0.717) is 0 Å². The van der Waals surface area contributed by atoms with Crippen molar-refractivity contribution < 1.29 is 21.7 Å². The zero-order valence-electron chi connectivity index (χ0n) is 14.6. The molecule has 0 bridgehead atoms. The largest absolute Gasteiger partial charge is 0.488 e. The summed E-state index contributed by atoms with van der Waals surface area (Å²) < 4.78 is 33.4. The van der Waals surface area contributed by atoms with Gasteiger partial charge in [-0.15, -0.1) is 19.9 Å². The molecule has 0 fully saturated rings. The Morgan fingerprint density at radius 3 is 1.67 bits per heavy atom. The summed E-state index contributed by atoms with van der Waals surface area (Å²) in [7, 11) is -3.74. The van der Waals surface area contributed by atoms with Gasteiger partial charge in [-0.25, -0.2) is 0 Å². The first kappa shape index (κ1) is 18.3. The van der Waals surface area contributed by atoms with Gasteiger partial charge < -0.3 is 0 Å². The van der Waals surface area contributed by atoms with Gasteiger partial charge >= 0.3 is 6.35 Å². The Hall–Kier alpha value is -2.05. The minimum absolute atomic E-state index is 0.236. The molecular weight excluding hydrogens is 324 g/mol. The van der Waals surface area contributed by atoms with E-state index in [4.69, 9.17) is 4.18 Å². The summed E-state index contributed by atoms with van der Waals surface area (Å²) in [4.78, 5) is 0. The predicted molar refractivity (Wildman–Crippen MR) is 91.7 cm³/mol. The molecule has 0 aliphatic heterocycles. The first-order valence-electron chi connectivity index (χ1n) is 7.70. The normalized spacial score (nSPS) is 11.7. The fraction of sp³-hybridized carbons (Fsp3) is 0.333. The number of hydrogen-bond acceptors (Lipinski definition) is 3. The van der Waals surface area contributed by atoms with E-state index in [9.17, 15) is 8.42 Å². The van der Waals surface area contributed by atoms with Crippen LogP contribution in [0.15, 0.2) is 49.6 Å². The average Bonchev–Trinajstić information content (AvgIpc) is 2.42. The van der Waals surface area contributed by atoms with Crippen LogP contribution < -0.4 is 9.13 Å². The molecule has 0 N–H and O–H groups in total. The summed E-state index contributed by atoms with van der Waals surface area (Å²) in [5.74, 6) is -0.236. The van der Waals surface area contributed by atoms with Crippen LogP contribution in [0.5, 0.6) is 0 Å². The van der Waals surface area contributed by atoms with Gasteiger partial charge in [0.1, 0.15) is 0 Å². The molecule has 6 heteroatoms. The molecule has 0 spiro atoms. The quantitative estimate of drug-likeness (QED) is 0.456. The molecule has 0 radical (unpaired) electrons. The van der Waals surface area contributed by atoms with Gasteiger partial charge in [0.25, 0.3) is 10.1 Å². The van der Waals surface area contributed by atoms with Gasteiger partial charge in [0.2, 0.25) is 0 Å². The number of aromatic nitrogens is 2. The molecule has 24 heavy (non-hydrogen) atoms. The highest BCUT2D eigenvalue weighted by Crippen LogP contribution is 2.08. The molecule has 2 heterocycles. The standard InChI is InChI=1S/C18H24N2O3S/c1-6-7-24(21,22)23-18(19-10-14(2)8-15(3)11-19)20-12-16(4)9-17(5)13-20/h6,8-13,18H,1,7H2,2-5H3/q+2. The third-order valence-electron chi connectivity index (χ3n) is 3.39. The van der Waals surface area contributed by atoms with Gasteiger partial charge in [-0.05, 0) is 39.8 Å². The molecule has 2 aromatic heterocycles. The zero-order valence-corrected chi connectivity index (χ0v) is 15.4. The van der Waals surface area contributed by atoms with Gasteiger partial charge in [0.15, 0.2) is 24.8 Å². The predicted octanol–water partition coefficient (Wildman–Crippen LogP) is 2.03. The van der Waals surface area contributed by atoms with E-state index >= 15 is 0 Å². The van der Waals surface area contributed by atoms with Crippen molar-refractivity contribution in [2.24, 2.45) is 0 Å². The zero-order chi connectivity index (χ0) is 17.9. The van der Waals surface area contributed by atoms with E-state index in [1.54, 1.807) is 9.13 Å². The molecule has 0 aromatic carbocycles. The molecule has 5 nitrogen and oxygen atoms in total. The maximum absolute atomic E-state index is 12.2. The van der Waals surface area contributed by atoms with Crippen LogP contribution in [0.2, 0.25) is 0 Å². The Morgan fingerprint density at radius 2 is 1.33 bits per heavy atom. The van der Waals surface area contributed by atoms with Crippen LogP contribution in [0.1, 0.15) is 28.6 Å². The highest BCUT2D eigenvalue weighted by Gasteiger charge is 2.35. The van der Waals surface area contributed by atoms with E-state index in [2.05, 4.69) is 6.58 Å². The molecule has 128 valence electrons. The van der Waals surface area contributed by atoms with Crippen LogP contribution in [0.3, 0.4) is 0 Å². The van der Waals surface area contributed by atoms with Crippen molar-refractivity contribution in [3.63, 3.8) is 0 Å². The fourth-order valence-corrected chi connectivity index (χ4v) is 3.53. The fourth-order valence-electron chi connectivity index (χ4n) is 2.71. The molecule has 0 atom stereocenters. The first-order chi connectivity index (χ1) is 11.2. The second-order valence-electron chi connectivity index (χ2n) is 6.11. The van der Waals surface area contributed by atoms with Gasteiger partial charge in [0, 0.05) is 22.3 Å². The molecule has 2 rings (SSSR count). The maximum atomic E-state index is 12.2. The molecule has 2 aromatic rings. The van der Waals surface area contributed by atoms with E-state index < -0.39 is 16.5 Å². The lowest BCUT2D eigenvalue weighted by atomic mass is 10.2. The van der Waals surface area contributed by atoms with Gasteiger partial charge in [-0.1, -0.05) is 6.08 Å². The van der Waals surface area contributed by atoms with Crippen molar-refractivity contribution >= 4 is 10.1 Å². The van der Waals surface area contributed by atoms with Crippen molar-refractivity contribution in [3.8, 4) is 0 Å². The average molecular weight is 348 g/mol. The van der Waals surface area contributed by atoms with E-state index in [-0.39, 0.29) is 5.75 Å². The molecule has 0 unspecified atom stereocenters. The van der Waals surface area contributed by atoms with Crippen LogP contribution in [0.25, 0.3) is 0 Å². The Balaban J connectivity index is 2.58. The van der Waals surface area contributed by atoms with E-state index in [1.165, 1.54) is 6.08 Å². The van der Waals surface area contributed by atoms with E-state index in [1.807, 2.05) is 64.6 Å². The summed E-state index contributed by atoms with van der Waals surface area (Å²) in [5.41, 5.74) is 4.09. The second-order valence-corrected chi connectivity index (χ2v) is 7.75. The first-order valence-corrected chi connectivity index (χ1v) is 9.28. The van der Waals surface area contributed by atoms with Crippen molar-refractivity contribution in [2.75, 3.05) is 5.75 Å². The van der Waals surface area contributed by atoms with Gasteiger partial charge in [-0.2, -0.15) is 8.42 Å². The van der Waals surface area contributed by atoms with Crippen molar-refractivity contribution in [1.82, 2.24) is 0 Å².